The van der Waals surface area contributed by atoms with Crippen LogP contribution in [0.15, 0.2) is 0 Å². The molecular formula is C13H26N2O4. The molecule has 0 amide bonds. The van der Waals surface area contributed by atoms with Crippen molar-refractivity contribution in [1.82, 2.24) is 0 Å². The molecule has 0 saturated heterocycles. The van der Waals surface area contributed by atoms with Crippen LogP contribution in [0.2, 0.25) is 0 Å². The van der Waals surface area contributed by atoms with Crippen LogP contribution in [0, 0.1) is 5.92 Å². The Morgan fingerprint density at radius 1 is 0.947 bits per heavy atom. The van der Waals surface area contributed by atoms with E-state index in [1.54, 1.807) is 0 Å². The van der Waals surface area contributed by atoms with Crippen LogP contribution in [0.3, 0.4) is 0 Å². The molecule has 0 atom stereocenters. The lowest BCUT2D eigenvalue weighted by molar-refractivity contribution is -0.138. The lowest BCUT2D eigenvalue weighted by Crippen LogP contribution is -2.19. The molecule has 112 valence electrons. The van der Waals surface area contributed by atoms with Crippen molar-refractivity contribution in [3.63, 3.8) is 0 Å². The predicted octanol–water partition coefficient (Wildman–Crippen LogP) is 0.720. The van der Waals surface area contributed by atoms with Gasteiger partial charge in [0.05, 0.1) is 5.92 Å². The Bertz CT molecular complexity index is 262. The fourth-order valence-corrected chi connectivity index (χ4v) is 1.44. The molecule has 0 fully saturated rings. The molecule has 0 aliphatic rings. The van der Waals surface area contributed by atoms with Gasteiger partial charge in [0.2, 0.25) is 0 Å². The molecule has 0 unspecified atom stereocenters. The fraction of sp³-hybridized carbons (Fsp3) is 0.769. The number of Topliss-reactive ketones (excluding diaryl/α,β-unsaturated/α-hetero) is 2. The maximum Gasteiger partial charge on any atom is 0.303 e. The summed E-state index contributed by atoms with van der Waals surface area (Å²) in [5.41, 5.74) is 10.3. The summed E-state index contributed by atoms with van der Waals surface area (Å²) in [5, 5.41) is 8.33. The highest BCUT2D eigenvalue weighted by molar-refractivity contribution is 6.00. The summed E-state index contributed by atoms with van der Waals surface area (Å²) in [6.45, 7) is 4.26. The van der Waals surface area contributed by atoms with Crippen molar-refractivity contribution < 1.29 is 19.5 Å². The number of ketones is 2. The molecule has 0 spiro atoms. The largest absolute Gasteiger partial charge is 0.481 e. The zero-order valence-corrected chi connectivity index (χ0v) is 11.9. The summed E-state index contributed by atoms with van der Waals surface area (Å²) in [4.78, 5) is 31.9. The maximum atomic E-state index is 10.9. The first-order valence-corrected chi connectivity index (χ1v) is 6.49. The molecule has 0 radical (unpaired) electrons. The summed E-state index contributed by atoms with van der Waals surface area (Å²) in [7, 11) is 0. The van der Waals surface area contributed by atoms with Crippen molar-refractivity contribution in [2.75, 3.05) is 13.1 Å². The number of unbranched alkanes of at least 4 members (excludes halogenated alkanes) is 1. The van der Waals surface area contributed by atoms with Gasteiger partial charge in [-0.25, -0.2) is 0 Å². The van der Waals surface area contributed by atoms with Crippen LogP contribution in [-0.4, -0.2) is 35.7 Å². The molecule has 19 heavy (non-hydrogen) atoms. The van der Waals surface area contributed by atoms with E-state index in [9.17, 15) is 14.4 Å². The van der Waals surface area contributed by atoms with Crippen LogP contribution in [0.4, 0.5) is 0 Å². The van der Waals surface area contributed by atoms with Crippen molar-refractivity contribution in [2.24, 2.45) is 17.4 Å². The van der Waals surface area contributed by atoms with E-state index >= 15 is 0 Å². The molecule has 0 saturated carbocycles. The first-order chi connectivity index (χ1) is 8.86. The summed E-state index contributed by atoms with van der Waals surface area (Å²) in [6, 6.07) is 0. The van der Waals surface area contributed by atoms with Crippen molar-refractivity contribution in [3.8, 4) is 0 Å². The second-order valence-corrected chi connectivity index (χ2v) is 4.34. The highest BCUT2D eigenvalue weighted by atomic mass is 16.4. The lowest BCUT2D eigenvalue weighted by Gasteiger charge is -2.07. The van der Waals surface area contributed by atoms with Gasteiger partial charge < -0.3 is 16.6 Å². The minimum atomic E-state index is -0.897. The summed E-state index contributed by atoms with van der Waals surface area (Å²) < 4.78 is 0. The SMILES string of the molecule is CC(=O)C(CCCC(=O)O)C(C)=O.NCCCCN. The Morgan fingerprint density at radius 3 is 1.63 bits per heavy atom. The Hall–Kier alpha value is -1.27. The van der Waals surface area contributed by atoms with Crippen LogP contribution in [0.5, 0.6) is 0 Å². The second kappa shape index (κ2) is 13.2. The molecule has 6 heteroatoms. The third-order valence-electron chi connectivity index (χ3n) is 2.52. The summed E-state index contributed by atoms with van der Waals surface area (Å²) in [5.74, 6) is -1.87. The Kier molecular flexibility index (Phi) is 13.9. The van der Waals surface area contributed by atoms with E-state index in [0.717, 1.165) is 25.9 Å². The van der Waals surface area contributed by atoms with E-state index in [1.807, 2.05) is 0 Å². The normalized spacial score (nSPS) is 9.74. The van der Waals surface area contributed by atoms with Gasteiger partial charge in [0.1, 0.15) is 11.6 Å². The van der Waals surface area contributed by atoms with Gasteiger partial charge in [-0.05, 0) is 52.6 Å². The van der Waals surface area contributed by atoms with E-state index in [-0.39, 0.29) is 18.0 Å². The van der Waals surface area contributed by atoms with Crippen molar-refractivity contribution >= 4 is 17.5 Å². The van der Waals surface area contributed by atoms with Gasteiger partial charge in [0.15, 0.2) is 0 Å². The highest BCUT2D eigenvalue weighted by Crippen LogP contribution is 2.10. The molecule has 0 bridgehead atoms. The average Bonchev–Trinajstić information content (AvgIpc) is 2.31. The van der Waals surface area contributed by atoms with E-state index in [1.165, 1.54) is 13.8 Å². The van der Waals surface area contributed by atoms with E-state index in [0.29, 0.717) is 12.8 Å². The van der Waals surface area contributed by atoms with Crippen LogP contribution in [0.1, 0.15) is 46.0 Å². The van der Waals surface area contributed by atoms with Gasteiger partial charge in [0.25, 0.3) is 0 Å². The summed E-state index contributed by atoms with van der Waals surface area (Å²) >= 11 is 0. The van der Waals surface area contributed by atoms with Gasteiger partial charge in [-0.1, -0.05) is 0 Å². The van der Waals surface area contributed by atoms with E-state index in [4.69, 9.17) is 16.6 Å². The molecule has 5 N–H and O–H groups in total. The number of carbonyl (C=O) groups is 3. The molecule has 6 nitrogen and oxygen atoms in total. The Labute approximate surface area is 114 Å². The Morgan fingerprint density at radius 2 is 1.37 bits per heavy atom. The highest BCUT2D eigenvalue weighted by Gasteiger charge is 2.18. The first kappa shape index (κ1) is 20.1. The second-order valence-electron chi connectivity index (χ2n) is 4.34. The molecule has 0 aromatic carbocycles. The van der Waals surface area contributed by atoms with Crippen LogP contribution < -0.4 is 11.5 Å². The quantitative estimate of drug-likeness (QED) is 0.420. The van der Waals surface area contributed by atoms with Crippen molar-refractivity contribution in [2.45, 2.75) is 46.0 Å². The number of aliphatic carboxylic acids is 1. The zero-order valence-electron chi connectivity index (χ0n) is 11.9. The molecular weight excluding hydrogens is 248 g/mol. The van der Waals surface area contributed by atoms with Crippen LogP contribution >= 0.6 is 0 Å². The number of carbonyl (C=O) groups excluding carboxylic acids is 2. The third-order valence-corrected chi connectivity index (χ3v) is 2.52. The van der Waals surface area contributed by atoms with Gasteiger partial charge in [0, 0.05) is 6.42 Å². The maximum absolute atomic E-state index is 10.9. The van der Waals surface area contributed by atoms with E-state index in [2.05, 4.69) is 0 Å². The average molecular weight is 274 g/mol. The fourth-order valence-electron chi connectivity index (χ4n) is 1.44. The molecule has 0 aliphatic carbocycles. The van der Waals surface area contributed by atoms with Gasteiger partial charge in [-0.3, -0.25) is 14.4 Å². The zero-order chi connectivity index (χ0) is 15.3. The third kappa shape index (κ3) is 14.7. The van der Waals surface area contributed by atoms with Gasteiger partial charge in [-0.2, -0.15) is 0 Å². The number of hydrogen-bond donors (Lipinski definition) is 3. The molecule has 0 aliphatic heterocycles. The van der Waals surface area contributed by atoms with Crippen LogP contribution in [0.25, 0.3) is 0 Å². The number of rotatable bonds is 9. The Balaban J connectivity index is 0. The topological polar surface area (TPSA) is 123 Å². The van der Waals surface area contributed by atoms with Gasteiger partial charge >= 0.3 is 5.97 Å². The number of nitrogens with two attached hydrogens (primary N) is 2. The minimum absolute atomic E-state index is 0.0110. The molecule has 0 heterocycles. The lowest BCUT2D eigenvalue weighted by atomic mass is 9.94. The molecule has 0 rings (SSSR count). The smallest absolute Gasteiger partial charge is 0.303 e. The molecule has 0 aromatic heterocycles. The predicted molar refractivity (Wildman–Crippen MR) is 73.7 cm³/mol. The van der Waals surface area contributed by atoms with Gasteiger partial charge in [-0.15, -0.1) is 0 Å². The van der Waals surface area contributed by atoms with Crippen molar-refractivity contribution in [1.29, 1.82) is 0 Å². The van der Waals surface area contributed by atoms with Crippen molar-refractivity contribution in [3.05, 3.63) is 0 Å². The van der Waals surface area contributed by atoms with E-state index < -0.39 is 11.9 Å². The standard InChI is InChI=1S/C9H14O4.C4H12N2/c1-6(10)8(7(2)11)4-3-5-9(12)13;5-3-1-2-4-6/h8H,3-5H2,1-2H3,(H,12,13);1-6H2. The first-order valence-electron chi connectivity index (χ1n) is 6.49. The van der Waals surface area contributed by atoms with Crippen LogP contribution in [-0.2, 0) is 14.4 Å². The number of hydrogen-bond acceptors (Lipinski definition) is 5. The summed E-state index contributed by atoms with van der Waals surface area (Å²) in [6.07, 6.45) is 2.86. The molecule has 0 aromatic rings. The minimum Gasteiger partial charge on any atom is -0.481 e. The number of carboxylic acid groups (broad SMARTS) is 1. The number of carboxylic acids is 1. The monoisotopic (exact) mass is 274 g/mol.